The van der Waals surface area contributed by atoms with E-state index in [2.05, 4.69) is 0 Å². The smallest absolute Gasteiger partial charge is 0.335 e. The summed E-state index contributed by atoms with van der Waals surface area (Å²) in [7, 11) is 0. The molecule has 0 aliphatic carbocycles. The molecule has 3 rings (SSSR count). The number of hydrogen-bond acceptors (Lipinski definition) is 5. The molecule has 0 radical (unpaired) electrons. The summed E-state index contributed by atoms with van der Waals surface area (Å²) in [6, 6.07) is 13.5. The number of carboxylic acids is 1. The maximum absolute atomic E-state index is 12.5. The average Bonchev–Trinajstić information content (AvgIpc) is 2.94. The van der Waals surface area contributed by atoms with Gasteiger partial charge in [-0.25, -0.2) is 4.79 Å². The van der Waals surface area contributed by atoms with Crippen molar-refractivity contribution in [3.8, 4) is 5.75 Å². The Balaban J connectivity index is 1.77. The lowest BCUT2D eigenvalue weighted by molar-refractivity contribution is -0.123. The lowest BCUT2D eigenvalue weighted by Crippen LogP contribution is -2.34. The van der Waals surface area contributed by atoms with E-state index in [1.54, 1.807) is 38.1 Å². The van der Waals surface area contributed by atoms with Gasteiger partial charge in [0.15, 0.2) is 0 Å². The Hall–Kier alpha value is -3.06. The number of carboxylic acid groups (broad SMARTS) is 1. The lowest BCUT2D eigenvalue weighted by atomic mass is 10.1. The number of carbonyl (C=O) groups is 3. The van der Waals surface area contributed by atoms with Gasteiger partial charge in [-0.2, -0.15) is 0 Å². The summed E-state index contributed by atoms with van der Waals surface area (Å²) >= 11 is 0.920. The van der Waals surface area contributed by atoms with Crippen LogP contribution in [0.1, 0.15) is 35.3 Å². The van der Waals surface area contributed by atoms with E-state index >= 15 is 0 Å². The van der Waals surface area contributed by atoms with Crippen LogP contribution in [0, 0.1) is 0 Å². The zero-order chi connectivity index (χ0) is 20.3. The van der Waals surface area contributed by atoms with Crippen molar-refractivity contribution in [3.63, 3.8) is 0 Å². The Labute approximate surface area is 166 Å². The number of para-hydroxylation sites is 1. The highest BCUT2D eigenvalue weighted by atomic mass is 32.2. The van der Waals surface area contributed by atoms with Crippen molar-refractivity contribution in [3.05, 3.63) is 70.1 Å². The van der Waals surface area contributed by atoms with Gasteiger partial charge in [-0.3, -0.25) is 14.5 Å². The molecule has 0 bridgehead atoms. The molecular weight excluding hydrogens is 378 g/mol. The summed E-state index contributed by atoms with van der Waals surface area (Å²) in [5, 5.41) is 8.68. The number of benzene rings is 2. The van der Waals surface area contributed by atoms with Crippen LogP contribution in [0.2, 0.25) is 0 Å². The van der Waals surface area contributed by atoms with Gasteiger partial charge in [0, 0.05) is 11.6 Å². The van der Waals surface area contributed by atoms with Crippen LogP contribution in [-0.2, 0) is 11.4 Å². The number of imide groups is 1. The molecule has 1 heterocycles. The standard InChI is InChI=1S/C21H19NO5S/c1-13(2)22-19(23)18(28-21(22)26)11-16-5-3-4-6-17(16)27-12-14-7-9-15(10-8-14)20(24)25/h3-11,13H,12H2,1-2H3,(H,24,25). The minimum absolute atomic E-state index is 0.196. The maximum Gasteiger partial charge on any atom is 0.335 e. The van der Waals surface area contributed by atoms with Crippen molar-refractivity contribution < 1.29 is 24.2 Å². The van der Waals surface area contributed by atoms with Crippen LogP contribution in [0.25, 0.3) is 6.08 Å². The largest absolute Gasteiger partial charge is 0.488 e. The molecule has 0 spiro atoms. The second-order valence-corrected chi connectivity index (χ2v) is 7.47. The average molecular weight is 397 g/mol. The molecule has 1 aliphatic rings. The van der Waals surface area contributed by atoms with Gasteiger partial charge in [-0.1, -0.05) is 30.3 Å². The number of amides is 2. The molecule has 0 saturated carbocycles. The van der Waals surface area contributed by atoms with E-state index in [0.29, 0.717) is 16.2 Å². The van der Waals surface area contributed by atoms with Crippen LogP contribution in [0.3, 0.4) is 0 Å². The van der Waals surface area contributed by atoms with Crippen molar-refractivity contribution >= 4 is 35.0 Å². The summed E-state index contributed by atoms with van der Waals surface area (Å²) < 4.78 is 5.86. The first-order valence-electron chi connectivity index (χ1n) is 8.68. The highest BCUT2D eigenvalue weighted by molar-refractivity contribution is 8.18. The summed E-state index contributed by atoms with van der Waals surface area (Å²) in [5.41, 5.74) is 1.73. The fourth-order valence-electron chi connectivity index (χ4n) is 2.70. The topological polar surface area (TPSA) is 83.9 Å². The summed E-state index contributed by atoms with van der Waals surface area (Å²) in [4.78, 5) is 37.0. The van der Waals surface area contributed by atoms with E-state index in [1.807, 2.05) is 18.2 Å². The SMILES string of the molecule is CC(C)N1C(=O)SC(=Cc2ccccc2OCc2ccc(C(=O)O)cc2)C1=O. The molecule has 1 aliphatic heterocycles. The molecule has 1 fully saturated rings. The quantitative estimate of drug-likeness (QED) is 0.727. The molecule has 28 heavy (non-hydrogen) atoms. The van der Waals surface area contributed by atoms with Crippen LogP contribution < -0.4 is 4.74 Å². The highest BCUT2D eigenvalue weighted by Gasteiger charge is 2.36. The van der Waals surface area contributed by atoms with Crippen molar-refractivity contribution in [2.75, 3.05) is 0 Å². The second-order valence-electron chi connectivity index (χ2n) is 6.47. The van der Waals surface area contributed by atoms with Crippen molar-refractivity contribution in [2.24, 2.45) is 0 Å². The molecular formula is C21H19NO5S. The highest BCUT2D eigenvalue weighted by Crippen LogP contribution is 2.35. The van der Waals surface area contributed by atoms with E-state index in [1.165, 1.54) is 17.0 Å². The van der Waals surface area contributed by atoms with E-state index in [-0.39, 0.29) is 29.4 Å². The maximum atomic E-state index is 12.5. The number of ether oxygens (including phenoxy) is 1. The molecule has 144 valence electrons. The van der Waals surface area contributed by atoms with Crippen molar-refractivity contribution in [2.45, 2.75) is 26.5 Å². The van der Waals surface area contributed by atoms with Gasteiger partial charge in [0.2, 0.25) is 0 Å². The van der Waals surface area contributed by atoms with Gasteiger partial charge < -0.3 is 9.84 Å². The first kappa shape index (κ1) is 19.7. The predicted molar refractivity (Wildman–Crippen MR) is 107 cm³/mol. The zero-order valence-electron chi connectivity index (χ0n) is 15.4. The molecule has 2 aromatic rings. The first-order valence-corrected chi connectivity index (χ1v) is 9.49. The predicted octanol–water partition coefficient (Wildman–Crippen LogP) is 4.41. The van der Waals surface area contributed by atoms with E-state index < -0.39 is 5.97 Å². The van der Waals surface area contributed by atoms with Gasteiger partial charge in [0.25, 0.3) is 11.1 Å². The third-order valence-electron chi connectivity index (χ3n) is 4.14. The number of carbonyl (C=O) groups excluding carboxylic acids is 2. The Bertz CT molecular complexity index is 950. The van der Waals surface area contributed by atoms with Crippen LogP contribution in [0.15, 0.2) is 53.4 Å². The van der Waals surface area contributed by atoms with Crippen LogP contribution in [0.4, 0.5) is 4.79 Å². The van der Waals surface area contributed by atoms with Crippen molar-refractivity contribution in [1.29, 1.82) is 0 Å². The molecule has 1 N–H and O–H groups in total. The minimum Gasteiger partial charge on any atom is -0.488 e. The molecule has 6 nitrogen and oxygen atoms in total. The Morgan fingerprint density at radius 1 is 1.14 bits per heavy atom. The van der Waals surface area contributed by atoms with Gasteiger partial charge >= 0.3 is 5.97 Å². The normalized spacial score (nSPS) is 15.5. The summed E-state index contributed by atoms with van der Waals surface area (Å²) in [5.74, 6) is -0.710. The van der Waals surface area contributed by atoms with Crippen LogP contribution >= 0.6 is 11.8 Å². The number of rotatable bonds is 6. The lowest BCUT2D eigenvalue weighted by Gasteiger charge is -2.16. The molecule has 2 amide bonds. The number of hydrogen-bond donors (Lipinski definition) is 1. The molecule has 1 saturated heterocycles. The number of thioether (sulfide) groups is 1. The minimum atomic E-state index is -0.979. The Kier molecular flexibility index (Phi) is 5.84. The first-order chi connectivity index (χ1) is 13.4. The Morgan fingerprint density at radius 2 is 1.82 bits per heavy atom. The van der Waals surface area contributed by atoms with Crippen LogP contribution in [0.5, 0.6) is 5.75 Å². The monoisotopic (exact) mass is 397 g/mol. The molecule has 7 heteroatoms. The van der Waals surface area contributed by atoms with E-state index in [0.717, 1.165) is 17.3 Å². The molecule has 0 atom stereocenters. The second kappa shape index (κ2) is 8.31. The van der Waals surface area contributed by atoms with Crippen molar-refractivity contribution in [1.82, 2.24) is 4.90 Å². The number of aromatic carboxylic acids is 1. The molecule has 0 unspecified atom stereocenters. The van der Waals surface area contributed by atoms with Gasteiger partial charge in [0.05, 0.1) is 10.5 Å². The summed E-state index contributed by atoms with van der Waals surface area (Å²) in [6.45, 7) is 3.84. The third-order valence-corrected chi connectivity index (χ3v) is 5.02. The zero-order valence-corrected chi connectivity index (χ0v) is 16.2. The van der Waals surface area contributed by atoms with Gasteiger partial charge in [-0.15, -0.1) is 0 Å². The van der Waals surface area contributed by atoms with Gasteiger partial charge in [-0.05, 0) is 55.4 Å². The van der Waals surface area contributed by atoms with E-state index in [9.17, 15) is 14.4 Å². The van der Waals surface area contributed by atoms with Crippen LogP contribution in [-0.4, -0.2) is 33.2 Å². The number of nitrogens with zero attached hydrogens (tertiary/aromatic N) is 1. The Morgan fingerprint density at radius 3 is 2.43 bits per heavy atom. The third kappa shape index (κ3) is 4.26. The van der Waals surface area contributed by atoms with E-state index in [4.69, 9.17) is 9.84 Å². The molecule has 0 aromatic heterocycles. The summed E-state index contributed by atoms with van der Waals surface area (Å²) in [6.07, 6.45) is 1.66. The van der Waals surface area contributed by atoms with Gasteiger partial charge in [0.1, 0.15) is 12.4 Å². The fourth-order valence-corrected chi connectivity index (χ4v) is 3.65. The fraction of sp³-hybridized carbons (Fsp3) is 0.190. The molecule has 2 aromatic carbocycles.